The number of sulfone groups is 1. The van der Waals surface area contributed by atoms with E-state index in [1.807, 2.05) is 0 Å². The Bertz CT molecular complexity index is 870. The molecule has 23 heavy (non-hydrogen) atoms. The van der Waals surface area contributed by atoms with Crippen molar-refractivity contribution in [1.29, 1.82) is 0 Å². The summed E-state index contributed by atoms with van der Waals surface area (Å²) in [5, 5.41) is 3.09. The van der Waals surface area contributed by atoms with Crippen molar-refractivity contribution >= 4 is 56.4 Å². The molecule has 0 bridgehead atoms. The number of amides is 1. The number of hydrogen-bond donors (Lipinski definition) is 1. The van der Waals surface area contributed by atoms with E-state index in [4.69, 9.17) is 34.8 Å². The predicted molar refractivity (Wildman–Crippen MR) is 91.4 cm³/mol. The Balaban J connectivity index is 2.35. The number of hydrogen-bond acceptors (Lipinski definition) is 4. The summed E-state index contributed by atoms with van der Waals surface area (Å²) in [6, 6.07) is 5.33. The fraction of sp³-hybridized carbons (Fsp3) is 0.143. The van der Waals surface area contributed by atoms with Crippen molar-refractivity contribution in [3.8, 4) is 0 Å². The summed E-state index contributed by atoms with van der Waals surface area (Å²) in [6.45, 7) is 1.52. The van der Waals surface area contributed by atoms with E-state index in [1.54, 1.807) is 0 Å². The molecular formula is C14H11Cl3N2O3S. The highest BCUT2D eigenvalue weighted by molar-refractivity contribution is 7.91. The van der Waals surface area contributed by atoms with Gasteiger partial charge in [0.05, 0.1) is 31.3 Å². The van der Waals surface area contributed by atoms with Gasteiger partial charge in [0.2, 0.25) is 0 Å². The zero-order valence-corrected chi connectivity index (χ0v) is 14.9. The van der Waals surface area contributed by atoms with Gasteiger partial charge in [0.15, 0.2) is 9.84 Å². The molecule has 0 unspecified atom stereocenters. The third kappa shape index (κ3) is 4.14. The molecule has 2 aromatic rings. The number of aromatic nitrogens is 1. The van der Waals surface area contributed by atoms with Gasteiger partial charge < -0.3 is 5.32 Å². The zero-order chi connectivity index (χ0) is 17.2. The van der Waals surface area contributed by atoms with E-state index >= 15 is 0 Å². The molecule has 1 heterocycles. The molecule has 0 radical (unpaired) electrons. The number of carbonyl (C=O) groups is 1. The predicted octanol–water partition coefficient (Wildman–Crippen LogP) is 4.09. The Morgan fingerprint density at radius 2 is 1.83 bits per heavy atom. The lowest BCUT2D eigenvalue weighted by molar-refractivity contribution is 0.102. The molecule has 0 aliphatic heterocycles. The van der Waals surface area contributed by atoms with Crippen LogP contribution in [0.4, 0.5) is 5.82 Å². The minimum atomic E-state index is -3.45. The molecule has 9 heteroatoms. The highest BCUT2D eigenvalue weighted by Crippen LogP contribution is 2.25. The molecule has 1 aromatic heterocycles. The maximum Gasteiger partial charge on any atom is 0.258 e. The van der Waals surface area contributed by atoms with E-state index in [-0.39, 0.29) is 37.1 Å². The second-order valence-corrected chi connectivity index (χ2v) is 7.98. The number of nitrogens with one attached hydrogen (secondary N) is 1. The summed E-state index contributed by atoms with van der Waals surface area (Å²) in [7, 11) is -3.45. The van der Waals surface area contributed by atoms with E-state index in [0.717, 1.165) is 0 Å². The van der Waals surface area contributed by atoms with Gasteiger partial charge in [0, 0.05) is 12.3 Å². The first-order valence-electron chi connectivity index (χ1n) is 6.39. The molecule has 1 N–H and O–H groups in total. The van der Waals surface area contributed by atoms with E-state index in [1.165, 1.54) is 37.4 Å². The largest absolute Gasteiger partial charge is 0.306 e. The second kappa shape index (κ2) is 7.05. The molecule has 0 fully saturated rings. The molecule has 0 saturated heterocycles. The van der Waals surface area contributed by atoms with Crippen LogP contribution in [-0.4, -0.2) is 25.1 Å². The minimum absolute atomic E-state index is 0.0223. The standard InChI is InChI=1S/C14H11Cl3N2O3S/c1-2-23(21,22)8-3-4-10(15)9(5-8)14(20)19-13-6-11(16)12(17)7-18-13/h3-7H,2H2,1H3,(H,18,19,20). The molecule has 0 aliphatic rings. The van der Waals surface area contributed by atoms with E-state index in [0.29, 0.717) is 0 Å². The van der Waals surface area contributed by atoms with Crippen molar-refractivity contribution in [3.63, 3.8) is 0 Å². The van der Waals surface area contributed by atoms with Crippen molar-refractivity contribution in [1.82, 2.24) is 4.98 Å². The SMILES string of the molecule is CCS(=O)(=O)c1ccc(Cl)c(C(=O)Nc2cc(Cl)c(Cl)cn2)c1. The average molecular weight is 394 g/mol. The minimum Gasteiger partial charge on any atom is -0.306 e. The molecule has 1 amide bonds. The number of nitrogens with zero attached hydrogens (tertiary/aromatic N) is 1. The summed E-state index contributed by atoms with van der Waals surface area (Å²) in [6.07, 6.45) is 1.29. The lowest BCUT2D eigenvalue weighted by Gasteiger charge is -2.09. The van der Waals surface area contributed by atoms with Crippen molar-refractivity contribution in [2.75, 3.05) is 11.1 Å². The Labute approximate surface area is 148 Å². The second-order valence-electron chi connectivity index (χ2n) is 4.48. The fourth-order valence-electron chi connectivity index (χ4n) is 1.70. The first-order chi connectivity index (χ1) is 10.7. The van der Waals surface area contributed by atoms with Crippen molar-refractivity contribution in [3.05, 3.63) is 51.1 Å². The van der Waals surface area contributed by atoms with Crippen LogP contribution in [0, 0.1) is 0 Å². The van der Waals surface area contributed by atoms with Crippen molar-refractivity contribution < 1.29 is 13.2 Å². The van der Waals surface area contributed by atoms with Gasteiger partial charge in [-0.15, -0.1) is 0 Å². The van der Waals surface area contributed by atoms with Crippen LogP contribution in [0.2, 0.25) is 15.1 Å². The number of rotatable bonds is 4. The van der Waals surface area contributed by atoms with Gasteiger partial charge in [-0.3, -0.25) is 4.79 Å². The molecule has 0 atom stereocenters. The van der Waals surface area contributed by atoms with E-state index < -0.39 is 15.7 Å². The highest BCUT2D eigenvalue weighted by Gasteiger charge is 2.18. The first-order valence-corrected chi connectivity index (χ1v) is 9.18. The van der Waals surface area contributed by atoms with E-state index in [2.05, 4.69) is 10.3 Å². The summed E-state index contributed by atoms with van der Waals surface area (Å²) in [4.78, 5) is 16.2. The Morgan fingerprint density at radius 3 is 2.43 bits per heavy atom. The van der Waals surface area contributed by atoms with E-state index in [9.17, 15) is 13.2 Å². The van der Waals surface area contributed by atoms with Crippen LogP contribution in [-0.2, 0) is 9.84 Å². The summed E-state index contributed by atoms with van der Waals surface area (Å²) in [5.74, 6) is -0.511. The van der Waals surface area contributed by atoms with Gasteiger partial charge in [0.1, 0.15) is 5.82 Å². The zero-order valence-electron chi connectivity index (χ0n) is 11.8. The lowest BCUT2D eigenvalue weighted by atomic mass is 10.2. The van der Waals surface area contributed by atoms with Gasteiger partial charge in [-0.05, 0) is 18.2 Å². The van der Waals surface area contributed by atoms with Crippen LogP contribution < -0.4 is 5.32 Å². The molecule has 1 aromatic carbocycles. The topological polar surface area (TPSA) is 76.1 Å². The molecule has 5 nitrogen and oxygen atoms in total. The third-order valence-electron chi connectivity index (χ3n) is 2.97. The fourth-order valence-corrected chi connectivity index (χ4v) is 3.07. The Morgan fingerprint density at radius 1 is 1.13 bits per heavy atom. The van der Waals surface area contributed by atoms with Gasteiger partial charge in [-0.1, -0.05) is 41.7 Å². The normalized spacial score (nSPS) is 11.3. The number of carbonyl (C=O) groups excluding carboxylic acids is 1. The maximum absolute atomic E-state index is 12.3. The molecule has 0 aliphatic carbocycles. The molecule has 0 saturated carbocycles. The first kappa shape index (κ1) is 18.0. The van der Waals surface area contributed by atoms with Gasteiger partial charge in [-0.2, -0.15) is 0 Å². The van der Waals surface area contributed by atoms with Crippen molar-refractivity contribution in [2.45, 2.75) is 11.8 Å². The Hall–Kier alpha value is -1.34. The van der Waals surface area contributed by atoms with Gasteiger partial charge >= 0.3 is 0 Å². The van der Waals surface area contributed by atoms with Crippen LogP contribution in [0.3, 0.4) is 0 Å². The number of anilines is 1. The van der Waals surface area contributed by atoms with Crippen LogP contribution >= 0.6 is 34.8 Å². The molecule has 122 valence electrons. The van der Waals surface area contributed by atoms with Crippen LogP contribution in [0.5, 0.6) is 0 Å². The average Bonchev–Trinajstić information content (AvgIpc) is 2.51. The monoisotopic (exact) mass is 392 g/mol. The third-order valence-corrected chi connectivity index (χ3v) is 5.74. The summed E-state index contributed by atoms with van der Waals surface area (Å²) >= 11 is 17.6. The molecular weight excluding hydrogens is 383 g/mol. The van der Waals surface area contributed by atoms with Gasteiger partial charge in [-0.25, -0.2) is 13.4 Å². The Kier molecular flexibility index (Phi) is 5.52. The number of halogens is 3. The number of pyridine rings is 1. The smallest absolute Gasteiger partial charge is 0.258 e. The molecule has 0 spiro atoms. The summed E-state index contributed by atoms with van der Waals surface area (Å²) in [5.41, 5.74) is 0.0223. The van der Waals surface area contributed by atoms with Crippen LogP contribution in [0.25, 0.3) is 0 Å². The van der Waals surface area contributed by atoms with Gasteiger partial charge in [0.25, 0.3) is 5.91 Å². The lowest BCUT2D eigenvalue weighted by Crippen LogP contribution is -2.15. The highest BCUT2D eigenvalue weighted by atomic mass is 35.5. The quantitative estimate of drug-likeness (QED) is 0.849. The van der Waals surface area contributed by atoms with Crippen LogP contribution in [0.1, 0.15) is 17.3 Å². The molecule has 2 rings (SSSR count). The van der Waals surface area contributed by atoms with Crippen LogP contribution in [0.15, 0.2) is 35.4 Å². The van der Waals surface area contributed by atoms with Crippen molar-refractivity contribution in [2.24, 2.45) is 0 Å². The summed E-state index contributed by atoms with van der Waals surface area (Å²) < 4.78 is 23.8. The maximum atomic E-state index is 12.3. The number of benzene rings is 1.